The van der Waals surface area contributed by atoms with Crippen molar-refractivity contribution in [2.24, 2.45) is 11.1 Å². The Kier molecular flexibility index (Phi) is 5.32. The van der Waals surface area contributed by atoms with Gasteiger partial charge in [-0.3, -0.25) is 4.79 Å². The van der Waals surface area contributed by atoms with Gasteiger partial charge in [-0.1, -0.05) is 25.4 Å². The van der Waals surface area contributed by atoms with Crippen molar-refractivity contribution < 1.29 is 9.18 Å². The van der Waals surface area contributed by atoms with Gasteiger partial charge in [0.1, 0.15) is 5.82 Å². The molecule has 0 aliphatic carbocycles. The number of rotatable bonds is 5. The second kappa shape index (κ2) is 6.35. The van der Waals surface area contributed by atoms with Gasteiger partial charge in [-0.25, -0.2) is 4.39 Å². The summed E-state index contributed by atoms with van der Waals surface area (Å²) in [5, 5.41) is -0.0417. The lowest BCUT2D eigenvalue weighted by Gasteiger charge is -2.31. The number of halogens is 2. The van der Waals surface area contributed by atoms with Gasteiger partial charge >= 0.3 is 0 Å². The number of carbonyl (C=O) groups excluding carboxylic acids is 1. The van der Waals surface area contributed by atoms with E-state index in [1.165, 1.54) is 18.2 Å². The van der Waals surface area contributed by atoms with Crippen molar-refractivity contribution in [3.8, 4) is 0 Å². The van der Waals surface area contributed by atoms with E-state index in [0.717, 1.165) is 0 Å². The first kappa shape index (κ1) is 15.9. The number of amides is 1. The molecule has 0 aliphatic heterocycles. The van der Waals surface area contributed by atoms with Gasteiger partial charge in [-0.2, -0.15) is 0 Å². The standard InChI is InChI=1S/C14H20ClFN2O/c1-4-18(9-14(2,3)8-17)13(19)10-5-6-12(16)11(15)7-10/h5-7H,4,8-9,17H2,1-3H3. The third-order valence-electron chi connectivity index (χ3n) is 3.01. The zero-order chi connectivity index (χ0) is 14.6. The summed E-state index contributed by atoms with van der Waals surface area (Å²) in [5.74, 6) is -0.686. The molecule has 1 aromatic rings. The molecule has 0 heterocycles. The summed E-state index contributed by atoms with van der Waals surface area (Å²) in [4.78, 5) is 14.0. The van der Waals surface area contributed by atoms with Gasteiger partial charge in [0.05, 0.1) is 5.02 Å². The van der Waals surface area contributed by atoms with Crippen LogP contribution in [-0.2, 0) is 0 Å². The Balaban J connectivity index is 2.92. The molecule has 5 heteroatoms. The summed E-state index contributed by atoms with van der Waals surface area (Å²) in [6.07, 6.45) is 0. The average Bonchev–Trinajstić information content (AvgIpc) is 2.38. The van der Waals surface area contributed by atoms with Crippen LogP contribution < -0.4 is 5.73 Å². The van der Waals surface area contributed by atoms with Gasteiger partial charge in [0.2, 0.25) is 0 Å². The summed E-state index contributed by atoms with van der Waals surface area (Å²) in [5.41, 5.74) is 5.92. The third kappa shape index (κ3) is 4.18. The molecule has 0 spiro atoms. The molecule has 0 fully saturated rings. The molecule has 0 saturated heterocycles. The summed E-state index contributed by atoms with van der Waals surface area (Å²) < 4.78 is 13.1. The van der Waals surface area contributed by atoms with Crippen LogP contribution in [0.5, 0.6) is 0 Å². The zero-order valence-electron chi connectivity index (χ0n) is 11.5. The van der Waals surface area contributed by atoms with E-state index in [-0.39, 0.29) is 16.3 Å². The molecule has 1 aromatic carbocycles. The number of benzene rings is 1. The van der Waals surface area contributed by atoms with Crippen LogP contribution in [0.25, 0.3) is 0 Å². The predicted octanol–water partition coefficient (Wildman–Crippen LogP) is 2.93. The van der Waals surface area contributed by atoms with Crippen molar-refractivity contribution in [3.63, 3.8) is 0 Å². The second-order valence-electron chi connectivity index (χ2n) is 5.32. The number of hydrogen-bond acceptors (Lipinski definition) is 2. The van der Waals surface area contributed by atoms with E-state index in [1.54, 1.807) is 4.90 Å². The van der Waals surface area contributed by atoms with Crippen molar-refractivity contribution in [1.82, 2.24) is 4.90 Å². The topological polar surface area (TPSA) is 46.3 Å². The van der Waals surface area contributed by atoms with Gasteiger partial charge in [0.25, 0.3) is 5.91 Å². The van der Waals surface area contributed by atoms with Crippen molar-refractivity contribution in [3.05, 3.63) is 34.6 Å². The highest BCUT2D eigenvalue weighted by molar-refractivity contribution is 6.31. The Hall–Kier alpha value is -1.13. The molecule has 0 saturated carbocycles. The molecule has 0 bridgehead atoms. The van der Waals surface area contributed by atoms with Gasteiger partial charge in [-0.15, -0.1) is 0 Å². The highest BCUT2D eigenvalue weighted by Crippen LogP contribution is 2.20. The quantitative estimate of drug-likeness (QED) is 0.905. The summed E-state index contributed by atoms with van der Waals surface area (Å²) >= 11 is 5.70. The van der Waals surface area contributed by atoms with Crippen LogP contribution in [0, 0.1) is 11.2 Å². The molecule has 1 amide bonds. The first-order valence-electron chi connectivity index (χ1n) is 6.25. The van der Waals surface area contributed by atoms with Crippen LogP contribution in [0.4, 0.5) is 4.39 Å². The highest BCUT2D eigenvalue weighted by atomic mass is 35.5. The van der Waals surface area contributed by atoms with E-state index in [9.17, 15) is 9.18 Å². The molecule has 3 nitrogen and oxygen atoms in total. The van der Waals surface area contributed by atoms with E-state index >= 15 is 0 Å². The fourth-order valence-electron chi connectivity index (χ4n) is 1.72. The third-order valence-corrected chi connectivity index (χ3v) is 3.30. The minimum atomic E-state index is -0.524. The second-order valence-corrected chi connectivity index (χ2v) is 5.72. The first-order valence-corrected chi connectivity index (χ1v) is 6.63. The lowest BCUT2D eigenvalue weighted by atomic mass is 9.93. The molecule has 2 N–H and O–H groups in total. The Labute approximate surface area is 118 Å². The number of nitrogens with zero attached hydrogens (tertiary/aromatic N) is 1. The average molecular weight is 287 g/mol. The lowest BCUT2D eigenvalue weighted by Crippen LogP contribution is -2.42. The van der Waals surface area contributed by atoms with Crippen LogP contribution in [0.1, 0.15) is 31.1 Å². The largest absolute Gasteiger partial charge is 0.338 e. The molecule has 0 atom stereocenters. The minimum absolute atomic E-state index is 0.0417. The molecule has 0 radical (unpaired) electrons. The summed E-state index contributed by atoms with van der Waals surface area (Å²) in [7, 11) is 0. The maximum Gasteiger partial charge on any atom is 0.253 e. The Morgan fingerprint density at radius 2 is 2.11 bits per heavy atom. The van der Waals surface area contributed by atoms with Crippen LogP contribution in [0.3, 0.4) is 0 Å². The first-order chi connectivity index (χ1) is 8.80. The molecule has 106 valence electrons. The zero-order valence-corrected chi connectivity index (χ0v) is 12.3. The van der Waals surface area contributed by atoms with E-state index in [1.807, 2.05) is 20.8 Å². The van der Waals surface area contributed by atoms with E-state index in [4.69, 9.17) is 17.3 Å². The van der Waals surface area contributed by atoms with Crippen molar-refractivity contribution in [1.29, 1.82) is 0 Å². The Bertz CT molecular complexity index is 463. The molecule has 0 aromatic heterocycles. The smallest absolute Gasteiger partial charge is 0.253 e. The van der Waals surface area contributed by atoms with Crippen LogP contribution in [0.15, 0.2) is 18.2 Å². The normalized spacial score (nSPS) is 11.5. The monoisotopic (exact) mass is 286 g/mol. The fraction of sp³-hybridized carbons (Fsp3) is 0.500. The van der Waals surface area contributed by atoms with Crippen molar-refractivity contribution >= 4 is 17.5 Å². The van der Waals surface area contributed by atoms with E-state index in [0.29, 0.717) is 25.2 Å². The van der Waals surface area contributed by atoms with Gasteiger partial charge in [0, 0.05) is 18.7 Å². The Morgan fingerprint density at radius 3 is 2.58 bits per heavy atom. The van der Waals surface area contributed by atoms with Crippen LogP contribution >= 0.6 is 11.6 Å². The molecule has 0 aliphatic rings. The molecule has 1 rings (SSSR count). The fourth-order valence-corrected chi connectivity index (χ4v) is 1.90. The van der Waals surface area contributed by atoms with E-state index in [2.05, 4.69) is 0 Å². The molecule has 19 heavy (non-hydrogen) atoms. The van der Waals surface area contributed by atoms with Gasteiger partial charge in [-0.05, 0) is 37.1 Å². The number of hydrogen-bond donors (Lipinski definition) is 1. The van der Waals surface area contributed by atoms with Crippen LogP contribution in [-0.4, -0.2) is 30.4 Å². The highest BCUT2D eigenvalue weighted by Gasteiger charge is 2.23. The maximum absolute atomic E-state index is 13.1. The molecular weight excluding hydrogens is 267 g/mol. The SMILES string of the molecule is CCN(CC(C)(C)CN)C(=O)c1ccc(F)c(Cl)c1. The molecule has 0 unspecified atom stereocenters. The minimum Gasteiger partial charge on any atom is -0.338 e. The van der Waals surface area contributed by atoms with Crippen molar-refractivity contribution in [2.45, 2.75) is 20.8 Å². The van der Waals surface area contributed by atoms with Crippen molar-refractivity contribution in [2.75, 3.05) is 19.6 Å². The summed E-state index contributed by atoms with van der Waals surface area (Å²) in [6.45, 7) is 7.50. The maximum atomic E-state index is 13.1. The van der Waals surface area contributed by atoms with Crippen LogP contribution in [0.2, 0.25) is 5.02 Å². The lowest BCUT2D eigenvalue weighted by molar-refractivity contribution is 0.0701. The van der Waals surface area contributed by atoms with Gasteiger partial charge in [0.15, 0.2) is 0 Å². The van der Waals surface area contributed by atoms with E-state index < -0.39 is 5.82 Å². The Morgan fingerprint density at radius 1 is 1.47 bits per heavy atom. The number of carbonyl (C=O) groups is 1. The van der Waals surface area contributed by atoms with Gasteiger partial charge < -0.3 is 10.6 Å². The summed E-state index contributed by atoms with van der Waals surface area (Å²) in [6, 6.07) is 4.01. The number of nitrogens with two attached hydrogens (primary N) is 1. The predicted molar refractivity (Wildman–Crippen MR) is 75.8 cm³/mol. The molecular formula is C14H20ClFN2O.